The number of aryl methyl sites for hydroxylation is 2. The molecule has 92 valence electrons. The van der Waals surface area contributed by atoms with Crippen LogP contribution in [-0.2, 0) is 0 Å². The van der Waals surface area contributed by atoms with Crippen molar-refractivity contribution in [2.24, 2.45) is 0 Å². The van der Waals surface area contributed by atoms with E-state index in [2.05, 4.69) is 50.2 Å². The van der Waals surface area contributed by atoms with Crippen LogP contribution in [0.5, 0.6) is 0 Å². The van der Waals surface area contributed by atoms with Gasteiger partial charge >= 0.3 is 119 Å². The minimum atomic E-state index is 0.131. The number of benzene rings is 2. The molecule has 0 atom stereocenters. The Kier molecular flexibility index (Phi) is 4.43. The molecule has 2 aromatic rings. The van der Waals surface area contributed by atoms with E-state index < -0.39 is 0 Å². The molecular weight excluding hydrogens is 346 g/mol. The predicted molar refractivity (Wildman–Crippen MR) is 82.0 cm³/mol. The molecule has 0 aromatic heterocycles. The van der Waals surface area contributed by atoms with Gasteiger partial charge in [-0.05, 0) is 0 Å². The average molecular weight is 362 g/mol. The standard InChI is InChI=1S/C14H16As2N2/c1-9-3-5-11(13(17)7-9)15-16-12-6-4-10(2)8-14(12)18/h3-8H,17-18H2,1-2H3. The van der Waals surface area contributed by atoms with Crippen LogP contribution < -0.4 is 20.2 Å². The van der Waals surface area contributed by atoms with Crippen LogP contribution >= 0.6 is 0 Å². The van der Waals surface area contributed by atoms with Crippen LogP contribution in [-0.4, -0.2) is 26.3 Å². The summed E-state index contributed by atoms with van der Waals surface area (Å²) in [4.78, 5) is 0. The maximum atomic E-state index is 6.05. The molecule has 2 rings (SSSR count). The van der Waals surface area contributed by atoms with E-state index in [4.69, 9.17) is 11.5 Å². The second-order valence-electron chi connectivity index (χ2n) is 4.32. The van der Waals surface area contributed by atoms with Crippen molar-refractivity contribution >= 4 is 46.4 Å². The van der Waals surface area contributed by atoms with Gasteiger partial charge in [0.2, 0.25) is 0 Å². The van der Waals surface area contributed by atoms with Crippen molar-refractivity contribution in [3.05, 3.63) is 47.5 Å². The summed E-state index contributed by atoms with van der Waals surface area (Å²) in [5.41, 5.74) is 16.4. The van der Waals surface area contributed by atoms with Crippen LogP contribution in [0.4, 0.5) is 11.4 Å². The third-order valence-electron chi connectivity index (χ3n) is 2.63. The summed E-state index contributed by atoms with van der Waals surface area (Å²) in [7, 11) is 0. The monoisotopic (exact) mass is 362 g/mol. The van der Waals surface area contributed by atoms with Gasteiger partial charge in [0.1, 0.15) is 0 Å². The topological polar surface area (TPSA) is 52.0 Å². The molecule has 2 aromatic carbocycles. The Morgan fingerprint density at radius 3 is 1.44 bits per heavy atom. The molecule has 0 aliphatic heterocycles. The number of rotatable bonds is 2. The number of anilines is 2. The summed E-state index contributed by atoms with van der Waals surface area (Å²) in [6.45, 7) is 4.14. The quantitative estimate of drug-likeness (QED) is 0.612. The molecule has 4 heteroatoms. The number of nitrogen functional groups attached to an aromatic ring is 2. The summed E-state index contributed by atoms with van der Waals surface area (Å²) in [5, 5.41) is 0. The Balaban J connectivity index is 2.30. The van der Waals surface area contributed by atoms with E-state index in [9.17, 15) is 0 Å². The summed E-state index contributed by atoms with van der Waals surface area (Å²) in [5.74, 6) is 0. The molecule has 0 saturated heterocycles. The molecule has 0 saturated carbocycles. The van der Waals surface area contributed by atoms with Gasteiger partial charge in [-0.15, -0.1) is 0 Å². The van der Waals surface area contributed by atoms with Crippen LogP contribution in [0.2, 0.25) is 0 Å². The minimum absolute atomic E-state index is 0.131. The van der Waals surface area contributed by atoms with Gasteiger partial charge in [-0.3, -0.25) is 0 Å². The first-order valence-electron chi connectivity index (χ1n) is 5.70. The fraction of sp³-hybridized carbons (Fsp3) is 0.143. The van der Waals surface area contributed by atoms with E-state index in [0.717, 1.165) is 11.4 Å². The molecule has 0 radical (unpaired) electrons. The van der Waals surface area contributed by atoms with E-state index in [1.807, 2.05) is 0 Å². The summed E-state index contributed by atoms with van der Waals surface area (Å²) < 4.78 is 2.66. The third-order valence-corrected chi connectivity index (χ3v) is 11.2. The Hall–Kier alpha value is -0.843. The van der Waals surface area contributed by atoms with E-state index in [1.54, 1.807) is 0 Å². The van der Waals surface area contributed by atoms with Crippen LogP contribution in [0.1, 0.15) is 11.1 Å². The SMILES string of the molecule is Cc1ccc([As]=[As]c2ccc(C)cc2N)c(N)c1. The van der Waals surface area contributed by atoms with Crippen LogP contribution in [0.3, 0.4) is 0 Å². The Bertz CT molecular complexity index is 553. The Labute approximate surface area is 119 Å². The van der Waals surface area contributed by atoms with Crippen LogP contribution in [0.25, 0.3) is 0 Å². The van der Waals surface area contributed by atoms with Gasteiger partial charge in [-0.1, -0.05) is 0 Å². The van der Waals surface area contributed by atoms with Crippen molar-refractivity contribution in [1.82, 2.24) is 0 Å². The zero-order chi connectivity index (χ0) is 13.1. The van der Waals surface area contributed by atoms with Crippen LogP contribution in [0.15, 0.2) is 36.4 Å². The third kappa shape index (κ3) is 3.34. The first-order valence-corrected chi connectivity index (χ1v) is 12.8. The number of nitrogens with two attached hydrogens (primary N) is 2. The first-order chi connectivity index (χ1) is 8.56. The number of hydrogen-bond donors (Lipinski definition) is 2. The van der Waals surface area contributed by atoms with Crippen molar-refractivity contribution in [2.75, 3.05) is 11.5 Å². The van der Waals surface area contributed by atoms with E-state index in [-0.39, 0.29) is 26.3 Å². The van der Waals surface area contributed by atoms with Gasteiger partial charge in [0.15, 0.2) is 0 Å². The normalized spacial score (nSPS) is 11.0. The average Bonchev–Trinajstić information content (AvgIpc) is 2.30. The molecule has 0 bridgehead atoms. The number of hydrogen-bond acceptors (Lipinski definition) is 2. The van der Waals surface area contributed by atoms with Gasteiger partial charge in [-0.2, -0.15) is 0 Å². The van der Waals surface area contributed by atoms with Crippen molar-refractivity contribution in [3.63, 3.8) is 0 Å². The molecule has 4 N–H and O–H groups in total. The fourth-order valence-corrected chi connectivity index (χ4v) is 9.76. The predicted octanol–water partition coefficient (Wildman–Crippen LogP) is 0.742. The second-order valence-corrected chi connectivity index (χ2v) is 11.5. The van der Waals surface area contributed by atoms with E-state index in [0.29, 0.717) is 0 Å². The van der Waals surface area contributed by atoms with Crippen LogP contribution in [0, 0.1) is 13.8 Å². The molecule has 0 aliphatic rings. The van der Waals surface area contributed by atoms with Crippen molar-refractivity contribution in [3.8, 4) is 0 Å². The maximum absolute atomic E-state index is 6.05. The first kappa shape index (κ1) is 13.6. The zero-order valence-corrected chi connectivity index (χ0v) is 14.3. The van der Waals surface area contributed by atoms with Gasteiger partial charge in [-0.25, -0.2) is 0 Å². The molecule has 0 unspecified atom stereocenters. The van der Waals surface area contributed by atoms with Gasteiger partial charge in [0, 0.05) is 0 Å². The molecule has 0 fully saturated rings. The Morgan fingerprint density at radius 1 is 0.722 bits per heavy atom. The van der Waals surface area contributed by atoms with Gasteiger partial charge in [0.25, 0.3) is 0 Å². The van der Waals surface area contributed by atoms with E-state index in [1.165, 1.54) is 19.8 Å². The molecule has 0 aliphatic carbocycles. The molecular formula is C14H16As2N2. The molecule has 0 spiro atoms. The summed E-state index contributed by atoms with van der Waals surface area (Å²) >= 11 is 0.261. The fourth-order valence-electron chi connectivity index (χ4n) is 1.64. The Morgan fingerprint density at radius 2 is 1.11 bits per heavy atom. The molecule has 0 heterocycles. The van der Waals surface area contributed by atoms with Gasteiger partial charge in [0.05, 0.1) is 0 Å². The molecule has 18 heavy (non-hydrogen) atoms. The summed E-state index contributed by atoms with van der Waals surface area (Å²) in [6.07, 6.45) is 0. The zero-order valence-electron chi connectivity index (χ0n) is 10.5. The van der Waals surface area contributed by atoms with E-state index >= 15 is 0 Å². The molecule has 0 amide bonds. The summed E-state index contributed by atoms with van der Waals surface area (Å²) in [6, 6.07) is 12.7. The van der Waals surface area contributed by atoms with Crippen molar-refractivity contribution < 1.29 is 0 Å². The van der Waals surface area contributed by atoms with Crippen molar-refractivity contribution in [1.29, 1.82) is 0 Å². The molecule has 2 nitrogen and oxygen atoms in total. The van der Waals surface area contributed by atoms with Crippen molar-refractivity contribution in [2.45, 2.75) is 13.8 Å². The van der Waals surface area contributed by atoms with Gasteiger partial charge < -0.3 is 0 Å². The second kappa shape index (κ2) is 5.86.